The topological polar surface area (TPSA) is 117 Å². The summed E-state index contributed by atoms with van der Waals surface area (Å²) in [7, 11) is -2.33. The molecular formula is C26H27N5O4S. The number of nitrogens with zero attached hydrogens (tertiary/aromatic N) is 4. The van der Waals surface area contributed by atoms with Gasteiger partial charge in [0.15, 0.2) is 0 Å². The number of nitrogens with one attached hydrogen (secondary N) is 1. The quantitative estimate of drug-likeness (QED) is 0.407. The molecule has 2 heterocycles. The predicted octanol–water partition coefficient (Wildman–Crippen LogP) is 2.99. The molecule has 0 unspecified atom stereocenters. The minimum Gasteiger partial charge on any atom is -0.373 e. The molecule has 1 aliphatic heterocycles. The molecule has 1 saturated heterocycles. The summed E-state index contributed by atoms with van der Waals surface area (Å²) in [6.45, 7) is 4.24. The Morgan fingerprint density at radius 3 is 2.47 bits per heavy atom. The number of nitriles is 1. The van der Waals surface area contributed by atoms with Crippen molar-refractivity contribution in [2.45, 2.75) is 31.0 Å². The number of carbonyl (C=O) groups excluding carboxylic acids is 1. The number of para-hydroxylation sites is 1. The number of morpholine rings is 1. The van der Waals surface area contributed by atoms with Crippen molar-refractivity contribution in [3.63, 3.8) is 0 Å². The minimum absolute atomic E-state index is 0.0913. The van der Waals surface area contributed by atoms with Gasteiger partial charge in [-0.05, 0) is 44.2 Å². The van der Waals surface area contributed by atoms with Crippen LogP contribution < -0.4 is 5.32 Å². The molecule has 1 aliphatic rings. The first kappa shape index (κ1) is 25.3. The lowest BCUT2D eigenvalue weighted by molar-refractivity contribution is -0.116. The Labute approximate surface area is 210 Å². The molecule has 1 amide bonds. The standard InChI is InChI=1S/C26H27N5O4S/c1-18-15-30(16-19(2)35-18)36(33,34)24-11-7-8-20(13-24)25-22(12-21(14-27)26(32)28-3)17-31(29-25)23-9-5-4-6-10-23/h4-13,17-19H,15-16H2,1-3H3,(H,28,32)/b21-12+/t18-,19+. The van der Waals surface area contributed by atoms with Crippen molar-refractivity contribution in [3.8, 4) is 23.0 Å². The third kappa shape index (κ3) is 5.23. The van der Waals surface area contributed by atoms with Crippen molar-refractivity contribution in [1.29, 1.82) is 5.26 Å². The van der Waals surface area contributed by atoms with E-state index in [-0.39, 0.29) is 35.8 Å². The van der Waals surface area contributed by atoms with Crippen LogP contribution in [0.5, 0.6) is 0 Å². The molecule has 9 nitrogen and oxygen atoms in total. The Hall–Kier alpha value is -3.78. The van der Waals surface area contributed by atoms with Crippen molar-refractivity contribution in [2.75, 3.05) is 20.1 Å². The van der Waals surface area contributed by atoms with Crippen molar-refractivity contribution in [1.82, 2.24) is 19.4 Å². The van der Waals surface area contributed by atoms with Crippen LogP contribution in [0.4, 0.5) is 0 Å². The van der Waals surface area contributed by atoms with Crippen LogP contribution >= 0.6 is 0 Å². The third-order valence-corrected chi connectivity index (χ3v) is 7.61. The van der Waals surface area contributed by atoms with E-state index in [0.717, 1.165) is 5.69 Å². The van der Waals surface area contributed by atoms with Gasteiger partial charge in [-0.25, -0.2) is 13.1 Å². The number of carbonyl (C=O) groups is 1. The minimum atomic E-state index is -3.77. The van der Waals surface area contributed by atoms with Crippen molar-refractivity contribution in [2.24, 2.45) is 0 Å². The Morgan fingerprint density at radius 1 is 1.14 bits per heavy atom. The van der Waals surface area contributed by atoms with Crippen LogP contribution in [0.25, 0.3) is 23.0 Å². The maximum absolute atomic E-state index is 13.5. The van der Waals surface area contributed by atoms with E-state index in [0.29, 0.717) is 16.8 Å². The summed E-state index contributed by atoms with van der Waals surface area (Å²) >= 11 is 0. The Morgan fingerprint density at radius 2 is 1.83 bits per heavy atom. The number of rotatable bonds is 6. The van der Waals surface area contributed by atoms with Gasteiger partial charge in [-0.3, -0.25) is 4.79 Å². The first-order valence-electron chi connectivity index (χ1n) is 11.5. The molecule has 0 spiro atoms. The van der Waals surface area contributed by atoms with Crippen LogP contribution in [0.15, 0.2) is 71.3 Å². The van der Waals surface area contributed by atoms with E-state index in [1.807, 2.05) is 50.2 Å². The average Bonchev–Trinajstić information content (AvgIpc) is 3.30. The smallest absolute Gasteiger partial charge is 0.261 e. The predicted molar refractivity (Wildman–Crippen MR) is 135 cm³/mol. The Balaban J connectivity index is 1.81. The molecule has 0 radical (unpaired) electrons. The molecule has 186 valence electrons. The van der Waals surface area contributed by atoms with Gasteiger partial charge in [0, 0.05) is 37.5 Å². The number of hydrogen-bond acceptors (Lipinski definition) is 6. The summed E-state index contributed by atoms with van der Waals surface area (Å²) in [5.74, 6) is -0.525. The fourth-order valence-corrected chi connectivity index (χ4v) is 5.79. The molecule has 3 aromatic rings. The number of hydrogen-bond donors (Lipinski definition) is 1. The van der Waals surface area contributed by atoms with Crippen LogP contribution in [-0.2, 0) is 19.6 Å². The molecule has 0 bridgehead atoms. The molecule has 1 N–H and O–H groups in total. The summed E-state index contributed by atoms with van der Waals surface area (Å²) in [6.07, 6.45) is 2.74. The number of amides is 1. The Bertz CT molecular complexity index is 1430. The maximum atomic E-state index is 13.5. The van der Waals surface area contributed by atoms with Gasteiger partial charge >= 0.3 is 0 Å². The molecule has 0 saturated carbocycles. The van der Waals surface area contributed by atoms with Crippen LogP contribution in [0.1, 0.15) is 19.4 Å². The van der Waals surface area contributed by atoms with Gasteiger partial charge in [0.1, 0.15) is 17.3 Å². The number of benzene rings is 2. The number of likely N-dealkylation sites (N-methyl/N-ethyl adjacent to an activating group) is 1. The van der Waals surface area contributed by atoms with E-state index >= 15 is 0 Å². The lowest BCUT2D eigenvalue weighted by atomic mass is 10.1. The molecular weight excluding hydrogens is 478 g/mol. The highest BCUT2D eigenvalue weighted by molar-refractivity contribution is 7.89. The van der Waals surface area contributed by atoms with Gasteiger partial charge < -0.3 is 10.1 Å². The largest absolute Gasteiger partial charge is 0.373 e. The highest BCUT2D eigenvalue weighted by atomic mass is 32.2. The van der Waals surface area contributed by atoms with Gasteiger partial charge in [0.05, 0.1) is 22.8 Å². The Kier molecular flexibility index (Phi) is 7.35. The van der Waals surface area contributed by atoms with Gasteiger partial charge in [0.2, 0.25) is 10.0 Å². The maximum Gasteiger partial charge on any atom is 0.261 e. The molecule has 1 aromatic heterocycles. The van der Waals surface area contributed by atoms with E-state index in [1.165, 1.54) is 17.4 Å². The second kappa shape index (κ2) is 10.5. The third-order valence-electron chi connectivity index (χ3n) is 5.79. The monoisotopic (exact) mass is 505 g/mol. The molecule has 0 aliphatic carbocycles. The SMILES string of the molecule is CNC(=O)/C(C#N)=C/c1cn(-c2ccccc2)nc1-c1cccc(S(=O)(=O)N2C[C@@H](C)O[C@@H](C)C2)c1. The summed E-state index contributed by atoms with van der Waals surface area (Å²) in [6, 6.07) is 17.8. The van der Waals surface area contributed by atoms with Crippen molar-refractivity contribution in [3.05, 3.63) is 71.9 Å². The molecule has 1 fully saturated rings. The molecule has 10 heteroatoms. The zero-order valence-corrected chi connectivity index (χ0v) is 21.1. The van der Waals surface area contributed by atoms with E-state index in [4.69, 9.17) is 4.74 Å². The zero-order valence-electron chi connectivity index (χ0n) is 20.2. The summed E-state index contributed by atoms with van der Waals surface area (Å²) < 4.78 is 35.7. The second-order valence-corrected chi connectivity index (χ2v) is 10.5. The van der Waals surface area contributed by atoms with E-state index in [9.17, 15) is 18.5 Å². The van der Waals surface area contributed by atoms with Gasteiger partial charge in [-0.15, -0.1) is 0 Å². The lowest BCUT2D eigenvalue weighted by Gasteiger charge is -2.34. The van der Waals surface area contributed by atoms with Crippen LogP contribution in [0.2, 0.25) is 0 Å². The van der Waals surface area contributed by atoms with E-state index in [1.54, 1.807) is 35.1 Å². The van der Waals surface area contributed by atoms with E-state index < -0.39 is 15.9 Å². The molecule has 4 rings (SSSR count). The number of ether oxygens (including phenoxy) is 1. The summed E-state index contributed by atoms with van der Waals surface area (Å²) in [4.78, 5) is 12.3. The zero-order chi connectivity index (χ0) is 25.9. The fraction of sp³-hybridized carbons (Fsp3) is 0.269. The van der Waals surface area contributed by atoms with Crippen LogP contribution in [0, 0.1) is 11.3 Å². The lowest BCUT2D eigenvalue weighted by Crippen LogP contribution is -2.48. The molecule has 36 heavy (non-hydrogen) atoms. The number of aromatic nitrogens is 2. The highest BCUT2D eigenvalue weighted by Gasteiger charge is 2.32. The van der Waals surface area contributed by atoms with Gasteiger partial charge in [0.25, 0.3) is 5.91 Å². The average molecular weight is 506 g/mol. The second-order valence-electron chi connectivity index (χ2n) is 8.57. The molecule has 2 atom stereocenters. The number of sulfonamides is 1. The van der Waals surface area contributed by atoms with Crippen molar-refractivity contribution < 1.29 is 17.9 Å². The molecule has 2 aromatic carbocycles. The van der Waals surface area contributed by atoms with Gasteiger partial charge in [-0.1, -0.05) is 30.3 Å². The fourth-order valence-electron chi connectivity index (χ4n) is 4.15. The first-order valence-corrected chi connectivity index (χ1v) is 12.9. The van der Waals surface area contributed by atoms with Gasteiger partial charge in [-0.2, -0.15) is 14.7 Å². The summed E-state index contributed by atoms with van der Waals surface area (Å²) in [5, 5.41) is 16.7. The first-order chi connectivity index (χ1) is 17.2. The van der Waals surface area contributed by atoms with E-state index in [2.05, 4.69) is 10.4 Å². The van der Waals surface area contributed by atoms with Crippen molar-refractivity contribution >= 4 is 22.0 Å². The normalized spacial score (nSPS) is 19.0. The van der Waals surface area contributed by atoms with Crippen LogP contribution in [0.3, 0.4) is 0 Å². The van der Waals surface area contributed by atoms with Crippen LogP contribution in [-0.4, -0.2) is 60.8 Å². The summed E-state index contributed by atoms with van der Waals surface area (Å²) in [5.41, 5.74) is 2.17. The highest BCUT2D eigenvalue weighted by Crippen LogP contribution is 2.29.